The molecule has 1 saturated carbocycles. The predicted molar refractivity (Wildman–Crippen MR) is 68.3 cm³/mol. The van der Waals surface area contributed by atoms with Crippen molar-refractivity contribution in [2.45, 2.75) is 38.1 Å². The van der Waals surface area contributed by atoms with E-state index in [9.17, 15) is 5.11 Å². The maximum Gasteiger partial charge on any atom is 0.151 e. The highest BCUT2D eigenvalue weighted by Gasteiger charge is 2.23. The quantitative estimate of drug-likeness (QED) is 0.897. The lowest BCUT2D eigenvalue weighted by Crippen LogP contribution is -2.39. The lowest BCUT2D eigenvalue weighted by Gasteiger charge is -2.35. The summed E-state index contributed by atoms with van der Waals surface area (Å²) in [7, 11) is 0. The standard InChI is InChI=1S/C12H18ClN3O/c13-11-8-14-9-15-12(11)16(6-7-17)10-4-2-1-3-5-10/h8-10,17H,1-7H2. The summed E-state index contributed by atoms with van der Waals surface area (Å²) in [6, 6.07) is 0.448. The van der Waals surface area contributed by atoms with Gasteiger partial charge in [0.1, 0.15) is 11.3 Å². The molecular weight excluding hydrogens is 238 g/mol. The van der Waals surface area contributed by atoms with E-state index in [4.69, 9.17) is 11.6 Å². The maximum absolute atomic E-state index is 9.19. The van der Waals surface area contributed by atoms with E-state index in [-0.39, 0.29) is 6.61 Å². The van der Waals surface area contributed by atoms with Crippen LogP contribution in [-0.2, 0) is 0 Å². The minimum atomic E-state index is 0.122. The smallest absolute Gasteiger partial charge is 0.151 e. The van der Waals surface area contributed by atoms with Crippen LogP contribution in [0.3, 0.4) is 0 Å². The predicted octanol–water partition coefficient (Wildman–Crippen LogP) is 2.26. The molecule has 17 heavy (non-hydrogen) atoms. The second-order valence-corrected chi connectivity index (χ2v) is 4.81. The summed E-state index contributed by atoms with van der Waals surface area (Å²) in [4.78, 5) is 10.3. The normalized spacial score (nSPS) is 17.1. The second-order valence-electron chi connectivity index (χ2n) is 4.40. The molecule has 1 fully saturated rings. The lowest BCUT2D eigenvalue weighted by atomic mass is 9.94. The van der Waals surface area contributed by atoms with Crippen LogP contribution in [0.2, 0.25) is 5.02 Å². The summed E-state index contributed by atoms with van der Waals surface area (Å²) in [5.41, 5.74) is 0. The molecule has 0 aromatic carbocycles. The number of aromatic nitrogens is 2. The van der Waals surface area contributed by atoms with Gasteiger partial charge in [-0.2, -0.15) is 0 Å². The number of hydrogen-bond donors (Lipinski definition) is 1. The van der Waals surface area contributed by atoms with Gasteiger partial charge in [-0.15, -0.1) is 0 Å². The van der Waals surface area contributed by atoms with Gasteiger partial charge in [0.15, 0.2) is 5.82 Å². The summed E-state index contributed by atoms with van der Waals surface area (Å²) in [6.45, 7) is 0.707. The van der Waals surface area contributed by atoms with Gasteiger partial charge in [-0.3, -0.25) is 0 Å². The van der Waals surface area contributed by atoms with Crippen molar-refractivity contribution in [3.63, 3.8) is 0 Å². The first-order valence-corrected chi connectivity index (χ1v) is 6.53. The zero-order valence-electron chi connectivity index (χ0n) is 9.85. The summed E-state index contributed by atoms with van der Waals surface area (Å²) in [5.74, 6) is 0.752. The van der Waals surface area contributed by atoms with E-state index in [1.165, 1.54) is 25.6 Å². The molecule has 1 aliphatic carbocycles. The Balaban J connectivity index is 2.18. The fourth-order valence-corrected chi connectivity index (χ4v) is 2.69. The third-order valence-electron chi connectivity index (χ3n) is 3.28. The van der Waals surface area contributed by atoms with E-state index < -0.39 is 0 Å². The van der Waals surface area contributed by atoms with Crippen molar-refractivity contribution in [2.75, 3.05) is 18.1 Å². The van der Waals surface area contributed by atoms with E-state index >= 15 is 0 Å². The maximum atomic E-state index is 9.19. The van der Waals surface area contributed by atoms with Gasteiger partial charge in [-0.1, -0.05) is 30.9 Å². The van der Waals surface area contributed by atoms with Crippen LogP contribution < -0.4 is 4.90 Å². The second kappa shape index (κ2) is 6.17. The zero-order chi connectivity index (χ0) is 12.1. The average Bonchev–Trinajstić information content (AvgIpc) is 2.38. The zero-order valence-corrected chi connectivity index (χ0v) is 10.6. The number of anilines is 1. The summed E-state index contributed by atoms with van der Waals surface area (Å²) < 4.78 is 0. The van der Waals surface area contributed by atoms with E-state index in [1.807, 2.05) is 0 Å². The van der Waals surface area contributed by atoms with E-state index in [0.717, 1.165) is 18.7 Å². The van der Waals surface area contributed by atoms with Crippen molar-refractivity contribution in [1.29, 1.82) is 0 Å². The third kappa shape index (κ3) is 3.07. The molecule has 0 amide bonds. The number of rotatable bonds is 4. The first-order valence-electron chi connectivity index (χ1n) is 6.16. The van der Waals surface area contributed by atoms with Gasteiger partial charge in [0.2, 0.25) is 0 Å². The molecule has 1 aromatic heterocycles. The third-order valence-corrected chi connectivity index (χ3v) is 3.54. The fraction of sp³-hybridized carbons (Fsp3) is 0.667. The van der Waals surface area contributed by atoms with Gasteiger partial charge in [-0.05, 0) is 12.8 Å². The van der Waals surface area contributed by atoms with Crippen LogP contribution >= 0.6 is 11.6 Å². The van der Waals surface area contributed by atoms with Crippen molar-refractivity contribution in [2.24, 2.45) is 0 Å². The summed E-state index contributed by atoms with van der Waals surface area (Å²) >= 11 is 6.13. The van der Waals surface area contributed by atoms with Crippen LogP contribution in [0.1, 0.15) is 32.1 Å². The SMILES string of the molecule is OCCN(c1ncncc1Cl)C1CCCCC1. The number of nitrogens with zero attached hydrogens (tertiary/aromatic N) is 3. The van der Waals surface area contributed by atoms with Crippen molar-refractivity contribution >= 4 is 17.4 Å². The molecule has 5 heteroatoms. The van der Waals surface area contributed by atoms with Gasteiger partial charge >= 0.3 is 0 Å². The minimum Gasteiger partial charge on any atom is -0.395 e. The van der Waals surface area contributed by atoms with Crippen LogP contribution in [0.25, 0.3) is 0 Å². The molecule has 0 spiro atoms. The molecular formula is C12H18ClN3O. The number of halogens is 1. The Morgan fingerprint density at radius 3 is 2.76 bits per heavy atom. The Morgan fingerprint density at radius 2 is 2.12 bits per heavy atom. The fourth-order valence-electron chi connectivity index (χ4n) is 2.48. The van der Waals surface area contributed by atoms with Crippen LogP contribution in [0.15, 0.2) is 12.5 Å². The minimum absolute atomic E-state index is 0.122. The van der Waals surface area contributed by atoms with Gasteiger partial charge in [-0.25, -0.2) is 9.97 Å². The molecule has 1 heterocycles. The molecule has 0 atom stereocenters. The van der Waals surface area contributed by atoms with Gasteiger partial charge in [0.25, 0.3) is 0 Å². The van der Waals surface area contributed by atoms with Gasteiger partial charge < -0.3 is 10.0 Å². The lowest BCUT2D eigenvalue weighted by molar-refractivity contribution is 0.289. The highest BCUT2D eigenvalue weighted by Crippen LogP contribution is 2.29. The van der Waals surface area contributed by atoms with E-state index in [0.29, 0.717) is 17.6 Å². The molecule has 0 radical (unpaired) electrons. The van der Waals surface area contributed by atoms with Crippen LogP contribution in [0, 0.1) is 0 Å². The largest absolute Gasteiger partial charge is 0.395 e. The molecule has 2 rings (SSSR count). The Morgan fingerprint density at radius 1 is 1.35 bits per heavy atom. The Hall–Kier alpha value is -0.870. The number of aliphatic hydroxyl groups is 1. The van der Waals surface area contributed by atoms with Crippen molar-refractivity contribution < 1.29 is 5.11 Å². The topological polar surface area (TPSA) is 49.2 Å². The molecule has 4 nitrogen and oxygen atoms in total. The molecule has 1 N–H and O–H groups in total. The van der Waals surface area contributed by atoms with Crippen molar-refractivity contribution in [1.82, 2.24) is 9.97 Å². The highest BCUT2D eigenvalue weighted by atomic mass is 35.5. The Kier molecular flexibility index (Phi) is 4.57. The first kappa shape index (κ1) is 12.6. The monoisotopic (exact) mass is 255 g/mol. The molecule has 94 valence electrons. The molecule has 0 bridgehead atoms. The van der Waals surface area contributed by atoms with Crippen molar-refractivity contribution in [3.05, 3.63) is 17.5 Å². The molecule has 0 saturated heterocycles. The van der Waals surface area contributed by atoms with Crippen LogP contribution in [0.5, 0.6) is 0 Å². The van der Waals surface area contributed by atoms with Crippen molar-refractivity contribution in [3.8, 4) is 0 Å². The highest BCUT2D eigenvalue weighted by molar-refractivity contribution is 6.32. The number of hydrogen-bond acceptors (Lipinski definition) is 4. The molecule has 1 aromatic rings. The summed E-state index contributed by atoms with van der Waals surface area (Å²) in [6.07, 6.45) is 9.22. The van der Waals surface area contributed by atoms with Crippen LogP contribution in [0.4, 0.5) is 5.82 Å². The van der Waals surface area contributed by atoms with Crippen LogP contribution in [-0.4, -0.2) is 34.3 Å². The van der Waals surface area contributed by atoms with E-state index in [1.54, 1.807) is 6.20 Å². The first-order chi connectivity index (χ1) is 8.33. The molecule has 0 unspecified atom stereocenters. The summed E-state index contributed by atoms with van der Waals surface area (Å²) in [5, 5.41) is 9.75. The Bertz CT molecular complexity index is 355. The Labute approximate surface area is 107 Å². The van der Waals surface area contributed by atoms with Gasteiger partial charge in [0, 0.05) is 12.6 Å². The molecule has 1 aliphatic rings. The number of aliphatic hydroxyl groups excluding tert-OH is 1. The van der Waals surface area contributed by atoms with E-state index in [2.05, 4.69) is 14.9 Å². The average molecular weight is 256 g/mol. The molecule has 0 aliphatic heterocycles. The van der Waals surface area contributed by atoms with Gasteiger partial charge in [0.05, 0.1) is 12.8 Å².